The molecule has 6 aromatic carbocycles. The van der Waals surface area contributed by atoms with Crippen LogP contribution in [-0.4, -0.2) is 13.6 Å². The van der Waals surface area contributed by atoms with E-state index in [2.05, 4.69) is 13.6 Å². The molecule has 0 saturated carbocycles. The maximum Gasteiger partial charge on any atom is 0.530 e. The molecular weight excluding hydrogens is 777 g/mol. The van der Waals surface area contributed by atoms with Gasteiger partial charge in [-0.1, -0.05) is 106 Å². The van der Waals surface area contributed by atoms with Crippen molar-refractivity contribution in [2.24, 2.45) is 0 Å². The summed E-state index contributed by atoms with van der Waals surface area (Å²) in [4.78, 5) is 15.0. The van der Waals surface area contributed by atoms with E-state index in [1.807, 2.05) is 187 Å². The van der Waals surface area contributed by atoms with E-state index in [1.54, 1.807) is 0 Å². The van der Waals surface area contributed by atoms with Crippen LogP contribution in [0.2, 0.25) is 0 Å². The molecule has 0 atom stereocenters. The van der Waals surface area contributed by atoms with Crippen molar-refractivity contribution in [3.05, 3.63) is 179 Å². The molecule has 8 nitrogen and oxygen atoms in total. The summed E-state index contributed by atoms with van der Waals surface area (Å²) in [5.74, 6) is 4.31. The Morgan fingerprint density at radius 1 is 0.273 bits per heavy atom. The van der Waals surface area contributed by atoms with Crippen LogP contribution in [0.1, 0.15) is 33.4 Å². The van der Waals surface area contributed by atoms with Gasteiger partial charge in [0, 0.05) is 16.5 Å². The van der Waals surface area contributed by atoms with Gasteiger partial charge in [0.15, 0.2) is 0 Å². The van der Waals surface area contributed by atoms with Gasteiger partial charge >= 0.3 is 17.2 Å². The first-order chi connectivity index (χ1) is 26.2. The van der Waals surface area contributed by atoms with Crippen molar-refractivity contribution in [3.63, 3.8) is 0 Å². The van der Waals surface area contributed by atoms with Crippen molar-refractivity contribution in [1.29, 1.82) is 0 Å². The molecule has 0 saturated heterocycles. The predicted octanol–water partition coefficient (Wildman–Crippen LogP) is 12.0. The maximum absolute atomic E-state index is 7.50. The summed E-state index contributed by atoms with van der Waals surface area (Å²) in [6.45, 7) is 21.2. The van der Waals surface area contributed by atoms with Gasteiger partial charge in [0.2, 0.25) is 0 Å². The van der Waals surface area contributed by atoms with Crippen LogP contribution >= 0.6 is 17.2 Å². The molecule has 0 unspecified atom stereocenters. The van der Waals surface area contributed by atoms with Gasteiger partial charge in [0.05, 0.1) is 0 Å². The van der Waals surface area contributed by atoms with E-state index < -0.39 is 17.2 Å². The van der Waals surface area contributed by atoms with E-state index in [4.69, 9.17) is 36.7 Å². The molecule has 4 radical (unpaired) electrons. The third-order valence-corrected chi connectivity index (χ3v) is 9.36. The van der Waals surface area contributed by atoms with Crippen molar-refractivity contribution in [1.82, 2.24) is 0 Å². The van der Waals surface area contributed by atoms with Gasteiger partial charge in [-0.3, -0.25) is 9.59 Å². The van der Waals surface area contributed by atoms with Gasteiger partial charge in [-0.25, -0.2) is 0 Å². The minimum atomic E-state index is -1.62. The maximum atomic E-state index is 7.50. The Hall–Kier alpha value is -5.19. The summed E-state index contributed by atoms with van der Waals surface area (Å²) in [7, 11) is -3.24. The van der Waals surface area contributed by atoms with Crippen molar-refractivity contribution < 1.29 is 53.2 Å². The summed E-state index contributed by atoms with van der Waals surface area (Å²) in [5.41, 5.74) is 7.06. The molecule has 0 N–H and O–H groups in total. The summed E-state index contributed by atoms with van der Waals surface area (Å²) >= 11 is 0. The first-order valence-corrected chi connectivity index (χ1v) is 18.8. The zero-order chi connectivity index (χ0) is 39.3. The standard InChI is InChI=1S/2C21H21O3P.2CO.Ni/c2*1-16-4-10-19(11-5-16)22-25(23-20-12-6-17(2)7-13-20)24-21-14-8-18(3)9-15-21;2*1-2;/h2*4-15H,1-3H3;;;. The average Bonchev–Trinajstić information content (AvgIpc) is 3.19. The van der Waals surface area contributed by atoms with Crippen LogP contribution in [0.4, 0.5) is 0 Å². The molecule has 0 bridgehead atoms. The van der Waals surface area contributed by atoms with E-state index in [9.17, 15) is 0 Å². The molecule has 11 heteroatoms. The largest absolute Gasteiger partial charge is 0.530 e. The fraction of sp³-hybridized carbons (Fsp3) is 0.136. The zero-order valence-corrected chi connectivity index (χ0v) is 34.1. The molecular formula is C44H42NiO8P2. The zero-order valence-electron chi connectivity index (χ0n) is 31.3. The molecule has 0 fully saturated rings. The minimum Gasteiger partial charge on any atom is -0.409 e. The number of aryl methyl sites for hydroxylation is 6. The molecule has 286 valence electrons. The van der Waals surface area contributed by atoms with Crippen LogP contribution in [0.5, 0.6) is 34.5 Å². The van der Waals surface area contributed by atoms with Crippen LogP contribution in [0.25, 0.3) is 0 Å². The Labute approximate surface area is 337 Å². The first-order valence-electron chi connectivity index (χ1n) is 16.7. The predicted molar refractivity (Wildman–Crippen MR) is 216 cm³/mol. The van der Waals surface area contributed by atoms with Gasteiger partial charge in [-0.2, -0.15) is 0 Å². The van der Waals surface area contributed by atoms with Crippen LogP contribution in [0, 0.1) is 41.5 Å². The Balaban J connectivity index is 0.000000343. The van der Waals surface area contributed by atoms with E-state index >= 15 is 0 Å². The molecule has 0 spiro atoms. The molecule has 6 aromatic rings. The van der Waals surface area contributed by atoms with Crippen LogP contribution in [0.15, 0.2) is 146 Å². The number of rotatable bonds is 12. The topological polar surface area (TPSA) is 89.5 Å². The number of benzene rings is 6. The quantitative estimate of drug-likeness (QED) is 0.0891. The second kappa shape index (κ2) is 25.0. The third-order valence-electron chi connectivity index (χ3n) is 7.21. The number of hydrogen-bond acceptors (Lipinski definition) is 8. The molecule has 0 aromatic heterocycles. The van der Waals surface area contributed by atoms with Crippen LogP contribution in [-0.2, 0) is 26.1 Å². The van der Waals surface area contributed by atoms with Gasteiger partial charge in [0.25, 0.3) is 13.6 Å². The van der Waals surface area contributed by atoms with E-state index in [0.717, 1.165) is 34.5 Å². The first kappa shape index (κ1) is 46.0. The van der Waals surface area contributed by atoms with Crippen molar-refractivity contribution in [2.45, 2.75) is 41.5 Å². The second-order valence-corrected chi connectivity index (χ2v) is 13.9. The monoisotopic (exact) mass is 818 g/mol. The second-order valence-electron chi connectivity index (χ2n) is 11.9. The van der Waals surface area contributed by atoms with E-state index in [1.165, 1.54) is 33.4 Å². The average molecular weight is 819 g/mol. The van der Waals surface area contributed by atoms with Crippen LogP contribution in [0.3, 0.4) is 0 Å². The molecule has 55 heavy (non-hydrogen) atoms. The van der Waals surface area contributed by atoms with Crippen molar-refractivity contribution in [3.8, 4) is 34.5 Å². The van der Waals surface area contributed by atoms with Gasteiger partial charge in [-0.05, 0) is 114 Å². The Morgan fingerprint density at radius 3 is 0.491 bits per heavy atom. The number of hydrogen-bond donors (Lipinski definition) is 0. The molecule has 0 aliphatic heterocycles. The van der Waals surface area contributed by atoms with Gasteiger partial charge < -0.3 is 27.1 Å². The molecule has 0 heterocycles. The summed E-state index contributed by atoms with van der Waals surface area (Å²) in [6.07, 6.45) is 0. The fourth-order valence-electron chi connectivity index (χ4n) is 4.22. The number of carbonyl (C=O) groups excluding carboxylic acids is 2. The smallest absolute Gasteiger partial charge is 0.409 e. The van der Waals surface area contributed by atoms with Crippen LogP contribution < -0.4 is 27.1 Å². The van der Waals surface area contributed by atoms with Gasteiger partial charge in [0.1, 0.15) is 34.5 Å². The van der Waals surface area contributed by atoms with E-state index in [-0.39, 0.29) is 16.5 Å². The third kappa shape index (κ3) is 17.2. The van der Waals surface area contributed by atoms with Crippen molar-refractivity contribution in [2.75, 3.05) is 0 Å². The van der Waals surface area contributed by atoms with Crippen molar-refractivity contribution >= 4 is 30.8 Å². The Morgan fingerprint density at radius 2 is 0.382 bits per heavy atom. The molecule has 0 aliphatic carbocycles. The Bertz CT molecular complexity index is 1550. The fourth-order valence-corrected chi connectivity index (χ4v) is 6.21. The normalized spacial score (nSPS) is 9.75. The van der Waals surface area contributed by atoms with E-state index in [0.29, 0.717) is 0 Å². The van der Waals surface area contributed by atoms with Gasteiger partial charge in [-0.15, -0.1) is 0 Å². The summed E-state index contributed by atoms with van der Waals surface area (Å²) in [6, 6.07) is 47.0. The molecule has 6 rings (SSSR count). The summed E-state index contributed by atoms with van der Waals surface area (Å²) < 4.78 is 35.7. The minimum absolute atomic E-state index is 0. The molecule has 0 amide bonds. The SMILES string of the molecule is Cc1ccc(OP(Oc2ccc(C)cc2)Oc2ccc(C)cc2)cc1.Cc1ccc(OP(Oc2ccc(C)cc2)Oc2ccc(C)cc2)cc1.[C]=O.[C]=O.[Ni]. The summed E-state index contributed by atoms with van der Waals surface area (Å²) in [5, 5.41) is 0. The Kier molecular flexibility index (Phi) is 20.9. The molecule has 0 aliphatic rings.